The minimum absolute atomic E-state index is 0.188. The molecule has 1 fully saturated rings. The Hall–Kier alpha value is -2.15. The number of aromatic amines is 1. The zero-order valence-electron chi connectivity index (χ0n) is 13.4. The fourth-order valence-corrected chi connectivity index (χ4v) is 3.01. The molecule has 2 aromatic rings. The van der Waals surface area contributed by atoms with Gasteiger partial charge in [0.2, 0.25) is 11.8 Å². The number of benzene rings is 1. The zero-order chi connectivity index (χ0) is 16.8. The molecule has 1 saturated heterocycles. The third kappa shape index (κ3) is 4.44. The van der Waals surface area contributed by atoms with Gasteiger partial charge in [-0.05, 0) is 43.6 Å². The molecule has 7 heteroatoms. The predicted octanol–water partition coefficient (Wildman–Crippen LogP) is 3.30. The lowest BCUT2D eigenvalue weighted by molar-refractivity contribution is -0.132. The van der Waals surface area contributed by atoms with E-state index in [9.17, 15) is 4.79 Å². The molecule has 1 aliphatic heterocycles. The van der Waals surface area contributed by atoms with Crippen LogP contribution < -0.4 is 4.74 Å². The fraction of sp³-hybridized carbons (Fsp3) is 0.471. The van der Waals surface area contributed by atoms with Gasteiger partial charge in [0.15, 0.2) is 0 Å². The zero-order valence-corrected chi connectivity index (χ0v) is 14.3. The van der Waals surface area contributed by atoms with E-state index in [1.165, 1.54) is 0 Å². The molecule has 0 unspecified atom stereocenters. The first-order valence-electron chi connectivity index (χ1n) is 8.23. The largest absolute Gasteiger partial charge is 0.494 e. The molecule has 0 bridgehead atoms. The summed E-state index contributed by atoms with van der Waals surface area (Å²) in [6, 6.07) is 9.66. The van der Waals surface area contributed by atoms with Gasteiger partial charge in [-0.15, -0.1) is 5.10 Å². The van der Waals surface area contributed by atoms with Crippen LogP contribution in [0.25, 0.3) is 0 Å². The summed E-state index contributed by atoms with van der Waals surface area (Å²) in [5.74, 6) is 1.93. The van der Waals surface area contributed by atoms with Gasteiger partial charge in [0, 0.05) is 25.4 Å². The standard InChI is InChI=1S/C17H21N3O3S/c21-15(7-4-12-22-14-5-2-1-3-6-14)20-10-8-13(9-11-20)16-18-19-17(24)23-16/h1-3,5-6,13H,4,7-12H2,(H,19,24). The van der Waals surface area contributed by atoms with Crippen LogP contribution in [0.1, 0.15) is 37.5 Å². The second-order valence-corrected chi connectivity index (χ2v) is 6.24. The predicted molar refractivity (Wildman–Crippen MR) is 91.4 cm³/mol. The molecule has 1 amide bonds. The molecule has 0 radical (unpaired) electrons. The van der Waals surface area contributed by atoms with Crippen LogP contribution in [0.15, 0.2) is 34.7 Å². The van der Waals surface area contributed by atoms with Crippen LogP contribution >= 0.6 is 12.2 Å². The smallest absolute Gasteiger partial charge is 0.284 e. The highest BCUT2D eigenvalue weighted by atomic mass is 32.1. The van der Waals surface area contributed by atoms with E-state index < -0.39 is 0 Å². The fourth-order valence-electron chi connectivity index (χ4n) is 2.88. The Kier molecular flexibility index (Phi) is 5.63. The molecular weight excluding hydrogens is 326 g/mol. The molecule has 24 heavy (non-hydrogen) atoms. The van der Waals surface area contributed by atoms with Crippen LogP contribution in [0, 0.1) is 4.84 Å². The van der Waals surface area contributed by atoms with E-state index in [0.29, 0.717) is 23.8 Å². The van der Waals surface area contributed by atoms with Gasteiger partial charge in [-0.2, -0.15) is 0 Å². The molecule has 1 N–H and O–H groups in total. The summed E-state index contributed by atoms with van der Waals surface area (Å²) in [6.45, 7) is 2.02. The molecule has 1 aromatic heterocycles. The van der Waals surface area contributed by atoms with Crippen molar-refractivity contribution in [3.05, 3.63) is 41.1 Å². The molecule has 0 spiro atoms. The van der Waals surface area contributed by atoms with E-state index in [1.54, 1.807) is 0 Å². The average Bonchev–Trinajstić information content (AvgIpc) is 3.06. The van der Waals surface area contributed by atoms with E-state index in [0.717, 1.165) is 38.1 Å². The molecule has 0 aliphatic carbocycles. The van der Waals surface area contributed by atoms with Gasteiger partial charge in [-0.3, -0.25) is 4.79 Å². The van der Waals surface area contributed by atoms with E-state index in [-0.39, 0.29) is 11.8 Å². The number of carbonyl (C=O) groups is 1. The number of hydrogen-bond donors (Lipinski definition) is 1. The van der Waals surface area contributed by atoms with Crippen molar-refractivity contribution >= 4 is 18.1 Å². The third-order valence-corrected chi connectivity index (χ3v) is 4.37. The summed E-state index contributed by atoms with van der Waals surface area (Å²) in [7, 11) is 0. The SMILES string of the molecule is O=C(CCCOc1ccccc1)N1CCC(c2n[nH]c(=S)o2)CC1. The van der Waals surface area contributed by atoms with Crippen molar-refractivity contribution < 1.29 is 13.9 Å². The first-order valence-corrected chi connectivity index (χ1v) is 8.64. The highest BCUT2D eigenvalue weighted by Gasteiger charge is 2.26. The Labute approximate surface area is 145 Å². The Bertz CT molecular complexity index is 705. The molecular formula is C17H21N3O3S. The number of piperidine rings is 1. The van der Waals surface area contributed by atoms with Crippen LogP contribution in [0.5, 0.6) is 5.75 Å². The van der Waals surface area contributed by atoms with Gasteiger partial charge < -0.3 is 14.1 Å². The molecule has 3 rings (SSSR count). The number of nitrogens with one attached hydrogen (secondary N) is 1. The summed E-state index contributed by atoms with van der Waals surface area (Å²) in [5, 5.41) is 6.73. The number of hydrogen-bond acceptors (Lipinski definition) is 5. The highest BCUT2D eigenvalue weighted by molar-refractivity contribution is 7.71. The highest BCUT2D eigenvalue weighted by Crippen LogP contribution is 2.26. The second-order valence-electron chi connectivity index (χ2n) is 5.87. The number of carbonyl (C=O) groups excluding carboxylic acids is 1. The Morgan fingerprint density at radius 2 is 2.08 bits per heavy atom. The van der Waals surface area contributed by atoms with Crippen molar-refractivity contribution in [1.29, 1.82) is 0 Å². The van der Waals surface area contributed by atoms with E-state index in [2.05, 4.69) is 10.2 Å². The number of ether oxygens (including phenoxy) is 1. The van der Waals surface area contributed by atoms with E-state index >= 15 is 0 Å². The minimum Gasteiger partial charge on any atom is -0.494 e. The lowest BCUT2D eigenvalue weighted by Gasteiger charge is -2.30. The van der Waals surface area contributed by atoms with Crippen molar-refractivity contribution in [2.45, 2.75) is 31.6 Å². The maximum atomic E-state index is 12.3. The monoisotopic (exact) mass is 347 g/mol. The van der Waals surface area contributed by atoms with Crippen molar-refractivity contribution in [3.8, 4) is 5.75 Å². The number of H-pyrrole nitrogens is 1. The van der Waals surface area contributed by atoms with Gasteiger partial charge in [-0.25, -0.2) is 5.10 Å². The molecule has 1 aliphatic rings. The van der Waals surface area contributed by atoms with Crippen LogP contribution in [0.3, 0.4) is 0 Å². The van der Waals surface area contributed by atoms with E-state index in [1.807, 2.05) is 35.2 Å². The van der Waals surface area contributed by atoms with Gasteiger partial charge in [-0.1, -0.05) is 18.2 Å². The van der Waals surface area contributed by atoms with Crippen molar-refractivity contribution in [2.24, 2.45) is 0 Å². The summed E-state index contributed by atoms with van der Waals surface area (Å²) in [4.78, 5) is 14.5. The Morgan fingerprint density at radius 3 is 2.75 bits per heavy atom. The number of nitrogens with zero attached hydrogens (tertiary/aromatic N) is 2. The van der Waals surface area contributed by atoms with Gasteiger partial charge in [0.05, 0.1) is 6.61 Å². The molecule has 6 nitrogen and oxygen atoms in total. The normalized spacial score (nSPS) is 15.4. The molecule has 0 atom stereocenters. The minimum atomic E-state index is 0.188. The van der Waals surface area contributed by atoms with Crippen molar-refractivity contribution in [2.75, 3.05) is 19.7 Å². The second kappa shape index (κ2) is 8.10. The Morgan fingerprint density at radius 1 is 1.33 bits per heavy atom. The number of aromatic nitrogens is 2. The van der Waals surface area contributed by atoms with Gasteiger partial charge >= 0.3 is 0 Å². The third-order valence-electron chi connectivity index (χ3n) is 4.20. The van der Waals surface area contributed by atoms with Crippen molar-refractivity contribution in [1.82, 2.24) is 15.1 Å². The van der Waals surface area contributed by atoms with E-state index in [4.69, 9.17) is 21.4 Å². The maximum Gasteiger partial charge on any atom is 0.284 e. The summed E-state index contributed by atoms with van der Waals surface area (Å²) in [5.41, 5.74) is 0. The lowest BCUT2D eigenvalue weighted by Crippen LogP contribution is -2.38. The van der Waals surface area contributed by atoms with Crippen LogP contribution in [0.2, 0.25) is 0 Å². The van der Waals surface area contributed by atoms with Gasteiger partial charge in [0.25, 0.3) is 4.84 Å². The number of para-hydroxylation sites is 1. The number of rotatable bonds is 6. The lowest BCUT2D eigenvalue weighted by atomic mass is 9.96. The molecule has 1 aromatic carbocycles. The first kappa shape index (κ1) is 16.7. The van der Waals surface area contributed by atoms with Crippen LogP contribution in [-0.4, -0.2) is 40.7 Å². The molecule has 2 heterocycles. The van der Waals surface area contributed by atoms with Crippen molar-refractivity contribution in [3.63, 3.8) is 0 Å². The topological polar surface area (TPSA) is 71.4 Å². The molecule has 128 valence electrons. The average molecular weight is 347 g/mol. The summed E-state index contributed by atoms with van der Waals surface area (Å²) in [6.07, 6.45) is 2.95. The van der Waals surface area contributed by atoms with Crippen LogP contribution in [0.4, 0.5) is 0 Å². The molecule has 0 saturated carbocycles. The Balaban J connectivity index is 1.37. The summed E-state index contributed by atoms with van der Waals surface area (Å²) >= 11 is 4.90. The number of likely N-dealkylation sites (tertiary alicyclic amines) is 1. The van der Waals surface area contributed by atoms with Gasteiger partial charge in [0.1, 0.15) is 5.75 Å². The number of amides is 1. The summed E-state index contributed by atoms with van der Waals surface area (Å²) < 4.78 is 11.0. The maximum absolute atomic E-state index is 12.3. The van der Waals surface area contributed by atoms with Crippen LogP contribution in [-0.2, 0) is 4.79 Å². The first-order chi connectivity index (χ1) is 11.7. The quantitative estimate of drug-likeness (QED) is 0.641.